The first-order chi connectivity index (χ1) is 5.29. The lowest BCUT2D eigenvalue weighted by molar-refractivity contribution is 0.491. The maximum Gasteiger partial charge on any atom is 0.152 e. The highest BCUT2D eigenvalue weighted by Crippen LogP contribution is 2.28. The second-order valence-corrected chi connectivity index (χ2v) is 4.37. The third kappa shape index (κ3) is 3.87. The van der Waals surface area contributed by atoms with Gasteiger partial charge in [0, 0.05) is 5.75 Å². The van der Waals surface area contributed by atoms with Crippen molar-refractivity contribution < 1.29 is 8.76 Å². The van der Waals surface area contributed by atoms with E-state index in [1.807, 2.05) is 0 Å². The fraction of sp³-hybridized carbons (Fsp3) is 1.00. The van der Waals surface area contributed by atoms with Crippen LogP contribution in [0, 0.1) is 5.92 Å². The molecule has 0 bridgehead atoms. The van der Waals surface area contributed by atoms with Crippen molar-refractivity contribution in [1.29, 1.82) is 0 Å². The van der Waals surface area contributed by atoms with Crippen molar-refractivity contribution in [3.8, 4) is 0 Å². The van der Waals surface area contributed by atoms with Gasteiger partial charge < -0.3 is 4.55 Å². The molecule has 0 aliphatic heterocycles. The molecule has 1 atom stereocenters. The zero-order valence-electron chi connectivity index (χ0n) is 6.79. The topological polar surface area (TPSA) is 37.3 Å². The minimum absolute atomic E-state index is 0.469. The van der Waals surface area contributed by atoms with Gasteiger partial charge in [-0.3, -0.25) is 0 Å². The fourth-order valence-electron chi connectivity index (χ4n) is 1.79. The molecule has 1 rings (SSSR count). The minimum Gasteiger partial charge on any atom is -0.306 e. The second-order valence-electron chi connectivity index (χ2n) is 3.32. The van der Waals surface area contributed by atoms with Gasteiger partial charge in [-0.2, -0.15) is 0 Å². The number of hydrogen-bond acceptors (Lipinski definition) is 1. The second kappa shape index (κ2) is 4.88. The van der Waals surface area contributed by atoms with Crippen molar-refractivity contribution in [3.05, 3.63) is 0 Å². The van der Waals surface area contributed by atoms with Crippen LogP contribution >= 0.6 is 0 Å². The molecular weight excluding hydrogens is 160 g/mol. The van der Waals surface area contributed by atoms with E-state index in [1.54, 1.807) is 0 Å². The van der Waals surface area contributed by atoms with Crippen molar-refractivity contribution in [2.24, 2.45) is 5.92 Å². The molecule has 1 fully saturated rings. The van der Waals surface area contributed by atoms with E-state index in [-0.39, 0.29) is 0 Å². The van der Waals surface area contributed by atoms with Crippen LogP contribution in [0.1, 0.15) is 38.5 Å². The van der Waals surface area contributed by atoms with Gasteiger partial charge in [0.1, 0.15) is 0 Å². The summed E-state index contributed by atoms with van der Waals surface area (Å²) < 4.78 is 18.8. The van der Waals surface area contributed by atoms with Gasteiger partial charge in [-0.25, -0.2) is 4.21 Å². The van der Waals surface area contributed by atoms with Crippen LogP contribution in [-0.2, 0) is 11.1 Å². The van der Waals surface area contributed by atoms with Gasteiger partial charge in [-0.1, -0.05) is 25.7 Å². The number of rotatable bonds is 4. The normalized spacial score (nSPS) is 22.3. The molecule has 1 aliphatic carbocycles. The summed E-state index contributed by atoms with van der Waals surface area (Å²) in [7, 11) is 0. The van der Waals surface area contributed by atoms with Gasteiger partial charge in [-0.15, -0.1) is 0 Å². The molecule has 0 heterocycles. The Morgan fingerprint density at radius 1 is 1.36 bits per heavy atom. The first kappa shape index (κ1) is 9.20. The summed E-state index contributed by atoms with van der Waals surface area (Å²) in [5.41, 5.74) is 0. The van der Waals surface area contributed by atoms with Crippen LogP contribution in [0.5, 0.6) is 0 Å². The van der Waals surface area contributed by atoms with E-state index in [1.165, 1.54) is 25.7 Å². The first-order valence-corrected chi connectivity index (χ1v) is 5.64. The highest BCUT2D eigenvalue weighted by Gasteiger charge is 2.14. The Bertz CT molecular complexity index is 130. The van der Waals surface area contributed by atoms with Crippen molar-refractivity contribution in [3.63, 3.8) is 0 Å². The lowest BCUT2D eigenvalue weighted by Gasteiger charge is -2.05. The van der Waals surface area contributed by atoms with E-state index < -0.39 is 11.1 Å². The Kier molecular flexibility index (Phi) is 4.08. The first-order valence-electron chi connectivity index (χ1n) is 4.36. The van der Waals surface area contributed by atoms with E-state index in [0.29, 0.717) is 5.75 Å². The quantitative estimate of drug-likeness (QED) is 0.667. The largest absolute Gasteiger partial charge is 0.306 e. The smallest absolute Gasteiger partial charge is 0.152 e. The molecule has 3 heteroatoms. The molecule has 1 aliphatic rings. The average Bonchev–Trinajstić information content (AvgIpc) is 2.39. The van der Waals surface area contributed by atoms with Crippen LogP contribution in [0.4, 0.5) is 0 Å². The molecule has 0 amide bonds. The zero-order chi connectivity index (χ0) is 8.10. The van der Waals surface area contributed by atoms with E-state index in [0.717, 1.165) is 18.8 Å². The predicted octanol–water partition coefficient (Wildman–Crippen LogP) is 2.18. The summed E-state index contributed by atoms with van der Waals surface area (Å²) in [4.78, 5) is 0. The standard InChI is InChI=1S/C8H16O2S/c9-11(10)7-3-6-8-4-1-2-5-8/h8H,1-7H2,(H,9,10). The molecule has 1 saturated carbocycles. The van der Waals surface area contributed by atoms with Crippen LogP contribution in [-0.4, -0.2) is 14.5 Å². The Hall–Kier alpha value is 0.110. The SMILES string of the molecule is O=S(O)CCCC1CCCC1. The molecule has 66 valence electrons. The highest BCUT2D eigenvalue weighted by molar-refractivity contribution is 7.79. The van der Waals surface area contributed by atoms with E-state index in [4.69, 9.17) is 4.55 Å². The maximum atomic E-state index is 10.3. The molecule has 0 aromatic carbocycles. The monoisotopic (exact) mass is 176 g/mol. The van der Waals surface area contributed by atoms with Crippen LogP contribution in [0.15, 0.2) is 0 Å². The molecule has 0 aromatic rings. The lowest BCUT2D eigenvalue weighted by Crippen LogP contribution is -1.99. The minimum atomic E-state index is -1.57. The molecule has 0 spiro atoms. The molecule has 11 heavy (non-hydrogen) atoms. The van der Waals surface area contributed by atoms with Crippen LogP contribution < -0.4 is 0 Å². The summed E-state index contributed by atoms with van der Waals surface area (Å²) in [6.45, 7) is 0. The Labute approximate surface area is 70.7 Å². The molecule has 1 unspecified atom stereocenters. The van der Waals surface area contributed by atoms with Crippen molar-refractivity contribution >= 4 is 11.1 Å². The zero-order valence-corrected chi connectivity index (χ0v) is 7.61. The number of hydrogen-bond donors (Lipinski definition) is 1. The van der Waals surface area contributed by atoms with Gasteiger partial charge in [0.15, 0.2) is 11.1 Å². The van der Waals surface area contributed by atoms with Gasteiger partial charge in [0.05, 0.1) is 0 Å². The Morgan fingerprint density at radius 2 is 2.00 bits per heavy atom. The molecule has 0 saturated heterocycles. The van der Waals surface area contributed by atoms with Gasteiger partial charge in [0.2, 0.25) is 0 Å². The van der Waals surface area contributed by atoms with Gasteiger partial charge in [-0.05, 0) is 18.8 Å². The fourth-order valence-corrected chi connectivity index (χ4v) is 2.21. The van der Waals surface area contributed by atoms with Gasteiger partial charge >= 0.3 is 0 Å². The Morgan fingerprint density at radius 3 is 2.55 bits per heavy atom. The molecule has 0 aromatic heterocycles. The third-order valence-corrected chi connectivity index (χ3v) is 3.04. The maximum absolute atomic E-state index is 10.3. The van der Waals surface area contributed by atoms with Crippen LogP contribution in [0.3, 0.4) is 0 Å². The van der Waals surface area contributed by atoms with Crippen molar-refractivity contribution in [1.82, 2.24) is 0 Å². The molecule has 2 nitrogen and oxygen atoms in total. The van der Waals surface area contributed by atoms with Crippen LogP contribution in [0.2, 0.25) is 0 Å². The lowest BCUT2D eigenvalue weighted by atomic mass is 10.0. The summed E-state index contributed by atoms with van der Waals surface area (Å²) in [5, 5.41) is 0. The summed E-state index contributed by atoms with van der Waals surface area (Å²) in [6, 6.07) is 0. The van der Waals surface area contributed by atoms with Gasteiger partial charge in [0.25, 0.3) is 0 Å². The third-order valence-electron chi connectivity index (χ3n) is 2.41. The summed E-state index contributed by atoms with van der Waals surface area (Å²) in [5.74, 6) is 1.33. The summed E-state index contributed by atoms with van der Waals surface area (Å²) in [6.07, 6.45) is 7.51. The van der Waals surface area contributed by atoms with E-state index >= 15 is 0 Å². The molecular formula is C8H16O2S. The van der Waals surface area contributed by atoms with E-state index in [2.05, 4.69) is 0 Å². The van der Waals surface area contributed by atoms with Crippen LogP contribution in [0.25, 0.3) is 0 Å². The Balaban J connectivity index is 1.98. The molecule has 0 radical (unpaired) electrons. The molecule has 1 N–H and O–H groups in total. The summed E-state index contributed by atoms with van der Waals surface area (Å²) >= 11 is -1.57. The predicted molar refractivity (Wildman–Crippen MR) is 46.8 cm³/mol. The van der Waals surface area contributed by atoms with Crippen molar-refractivity contribution in [2.45, 2.75) is 38.5 Å². The van der Waals surface area contributed by atoms with E-state index in [9.17, 15) is 4.21 Å². The average molecular weight is 176 g/mol. The highest BCUT2D eigenvalue weighted by atomic mass is 32.2. The van der Waals surface area contributed by atoms with Crippen molar-refractivity contribution in [2.75, 3.05) is 5.75 Å².